The summed E-state index contributed by atoms with van der Waals surface area (Å²) < 4.78 is 0. The van der Waals surface area contributed by atoms with E-state index in [4.69, 9.17) is 5.73 Å². The Balaban J connectivity index is 1.44. The van der Waals surface area contributed by atoms with Crippen molar-refractivity contribution >= 4 is 0 Å². The molecular formula is C14H29N5. The molecule has 0 unspecified atom stereocenters. The molecule has 3 aliphatic rings. The maximum absolute atomic E-state index is 6.00. The highest BCUT2D eigenvalue weighted by Crippen LogP contribution is 2.21. The molecule has 0 aromatic heterocycles. The average Bonchev–Trinajstić information content (AvgIpc) is 2.49. The third-order valence-electron chi connectivity index (χ3n) is 5.02. The van der Waals surface area contributed by atoms with Crippen molar-refractivity contribution in [1.29, 1.82) is 0 Å². The number of hydrogen-bond donors (Lipinski definition) is 2. The van der Waals surface area contributed by atoms with Crippen molar-refractivity contribution in [1.82, 2.24) is 20.2 Å². The molecule has 0 aromatic rings. The van der Waals surface area contributed by atoms with Gasteiger partial charge < -0.3 is 16.0 Å². The second kappa shape index (κ2) is 6.50. The Morgan fingerprint density at radius 1 is 0.737 bits per heavy atom. The number of rotatable bonds is 2. The van der Waals surface area contributed by atoms with Crippen molar-refractivity contribution in [3.8, 4) is 0 Å². The van der Waals surface area contributed by atoms with Crippen molar-refractivity contribution in [3.63, 3.8) is 0 Å². The van der Waals surface area contributed by atoms with Crippen LogP contribution in [0.15, 0.2) is 0 Å². The first-order chi connectivity index (χ1) is 9.33. The van der Waals surface area contributed by atoms with Crippen LogP contribution in [-0.2, 0) is 0 Å². The Kier molecular flexibility index (Phi) is 4.71. The van der Waals surface area contributed by atoms with Crippen LogP contribution in [0.25, 0.3) is 0 Å². The Morgan fingerprint density at radius 2 is 1.32 bits per heavy atom. The van der Waals surface area contributed by atoms with E-state index in [-0.39, 0.29) is 0 Å². The van der Waals surface area contributed by atoms with Crippen molar-refractivity contribution < 1.29 is 0 Å². The number of hydrazine groups is 1. The molecule has 3 N–H and O–H groups in total. The molecule has 0 atom stereocenters. The summed E-state index contributed by atoms with van der Waals surface area (Å²) in [7, 11) is 0. The fourth-order valence-corrected chi connectivity index (χ4v) is 3.72. The highest BCUT2D eigenvalue weighted by Gasteiger charge is 2.29. The van der Waals surface area contributed by atoms with Crippen LogP contribution in [0.1, 0.15) is 25.7 Å². The van der Waals surface area contributed by atoms with Gasteiger partial charge in [0.25, 0.3) is 0 Å². The predicted molar refractivity (Wildman–Crippen MR) is 77.8 cm³/mol. The molecule has 0 saturated carbocycles. The van der Waals surface area contributed by atoms with E-state index in [9.17, 15) is 0 Å². The highest BCUT2D eigenvalue weighted by molar-refractivity contribution is 4.84. The number of piperidine rings is 2. The van der Waals surface area contributed by atoms with Gasteiger partial charge in [-0.2, -0.15) is 0 Å². The van der Waals surface area contributed by atoms with E-state index in [0.29, 0.717) is 6.04 Å². The normalized spacial score (nSPS) is 30.8. The lowest BCUT2D eigenvalue weighted by Gasteiger charge is -2.45. The van der Waals surface area contributed by atoms with Crippen LogP contribution in [0.5, 0.6) is 0 Å². The van der Waals surface area contributed by atoms with Crippen molar-refractivity contribution in [2.24, 2.45) is 5.73 Å². The smallest absolute Gasteiger partial charge is 0.0259 e. The maximum atomic E-state index is 6.00. The third-order valence-corrected chi connectivity index (χ3v) is 5.02. The standard InChI is InChI=1S/C14H29N5/c15-13-1-7-17(8-2-13)14-3-9-18(10-4-14)19-11-5-16-6-12-19/h13-14,16H,1-12,15H2. The van der Waals surface area contributed by atoms with Gasteiger partial charge in [0.15, 0.2) is 0 Å². The zero-order chi connectivity index (χ0) is 13.1. The summed E-state index contributed by atoms with van der Waals surface area (Å²) in [6.45, 7) is 9.58. The van der Waals surface area contributed by atoms with Gasteiger partial charge in [-0.3, -0.25) is 0 Å². The summed E-state index contributed by atoms with van der Waals surface area (Å²) in [6, 6.07) is 1.27. The number of nitrogens with one attached hydrogen (secondary N) is 1. The van der Waals surface area contributed by atoms with Crippen molar-refractivity contribution in [2.45, 2.75) is 37.8 Å². The summed E-state index contributed by atoms with van der Waals surface area (Å²) in [4.78, 5) is 2.69. The lowest BCUT2D eigenvalue weighted by molar-refractivity contribution is -0.0640. The second-order valence-corrected chi connectivity index (χ2v) is 6.26. The van der Waals surface area contributed by atoms with Crippen molar-refractivity contribution in [2.75, 3.05) is 52.4 Å². The maximum Gasteiger partial charge on any atom is 0.0259 e. The topological polar surface area (TPSA) is 47.8 Å². The first kappa shape index (κ1) is 13.8. The number of piperazine rings is 1. The van der Waals surface area contributed by atoms with Crippen LogP contribution >= 0.6 is 0 Å². The Bertz CT molecular complexity index is 263. The fraction of sp³-hybridized carbons (Fsp3) is 1.00. The molecule has 110 valence electrons. The van der Waals surface area contributed by atoms with E-state index >= 15 is 0 Å². The quantitative estimate of drug-likeness (QED) is 0.719. The first-order valence-electron chi connectivity index (χ1n) is 8.03. The van der Waals surface area contributed by atoms with Gasteiger partial charge in [0.2, 0.25) is 0 Å². The summed E-state index contributed by atoms with van der Waals surface area (Å²) >= 11 is 0. The molecule has 3 saturated heterocycles. The number of likely N-dealkylation sites (tertiary alicyclic amines) is 1. The monoisotopic (exact) mass is 267 g/mol. The molecular weight excluding hydrogens is 238 g/mol. The zero-order valence-electron chi connectivity index (χ0n) is 12.1. The molecule has 5 nitrogen and oxygen atoms in total. The molecule has 0 aromatic carbocycles. The summed E-state index contributed by atoms with van der Waals surface area (Å²) in [5.41, 5.74) is 6.00. The molecule has 3 heterocycles. The highest BCUT2D eigenvalue weighted by atomic mass is 15.6. The van der Waals surface area contributed by atoms with E-state index in [0.717, 1.165) is 19.1 Å². The van der Waals surface area contributed by atoms with Gasteiger partial charge in [-0.15, -0.1) is 0 Å². The van der Waals surface area contributed by atoms with E-state index < -0.39 is 0 Å². The second-order valence-electron chi connectivity index (χ2n) is 6.26. The Labute approximate surface area is 117 Å². The molecule has 0 bridgehead atoms. The van der Waals surface area contributed by atoms with E-state index in [1.807, 2.05) is 0 Å². The summed E-state index contributed by atoms with van der Waals surface area (Å²) in [6.07, 6.45) is 5.05. The third kappa shape index (κ3) is 3.47. The average molecular weight is 267 g/mol. The van der Waals surface area contributed by atoms with Gasteiger partial charge in [0, 0.05) is 51.4 Å². The van der Waals surface area contributed by atoms with Crippen LogP contribution in [0.3, 0.4) is 0 Å². The number of nitrogens with two attached hydrogens (primary N) is 1. The largest absolute Gasteiger partial charge is 0.328 e. The molecule has 0 aliphatic carbocycles. The SMILES string of the molecule is NC1CCN(C2CCN(N3CCNCC3)CC2)CC1. The Morgan fingerprint density at radius 3 is 1.95 bits per heavy atom. The molecule has 0 spiro atoms. The molecule has 0 radical (unpaired) electrons. The summed E-state index contributed by atoms with van der Waals surface area (Å²) in [5.74, 6) is 0. The Hall–Kier alpha value is -0.200. The van der Waals surface area contributed by atoms with Gasteiger partial charge in [-0.05, 0) is 38.8 Å². The lowest BCUT2D eigenvalue weighted by Crippen LogP contribution is -2.57. The van der Waals surface area contributed by atoms with E-state index in [1.54, 1.807) is 0 Å². The van der Waals surface area contributed by atoms with Crippen LogP contribution in [0.2, 0.25) is 0 Å². The first-order valence-corrected chi connectivity index (χ1v) is 8.03. The molecule has 3 fully saturated rings. The van der Waals surface area contributed by atoms with Crippen LogP contribution in [0.4, 0.5) is 0 Å². The molecule has 5 heteroatoms. The van der Waals surface area contributed by atoms with Gasteiger partial charge in [0.05, 0.1) is 0 Å². The molecule has 3 rings (SSSR count). The van der Waals surface area contributed by atoms with E-state index in [2.05, 4.69) is 20.2 Å². The van der Waals surface area contributed by atoms with Gasteiger partial charge in [-0.25, -0.2) is 10.0 Å². The zero-order valence-corrected chi connectivity index (χ0v) is 12.1. The number of hydrogen-bond acceptors (Lipinski definition) is 5. The van der Waals surface area contributed by atoms with Gasteiger partial charge in [-0.1, -0.05) is 0 Å². The minimum absolute atomic E-state index is 0.456. The van der Waals surface area contributed by atoms with Crippen LogP contribution < -0.4 is 11.1 Å². The van der Waals surface area contributed by atoms with Crippen LogP contribution in [0, 0.1) is 0 Å². The minimum atomic E-state index is 0.456. The molecule has 19 heavy (non-hydrogen) atoms. The van der Waals surface area contributed by atoms with E-state index in [1.165, 1.54) is 65.0 Å². The minimum Gasteiger partial charge on any atom is -0.328 e. The molecule has 3 aliphatic heterocycles. The predicted octanol–water partition coefficient (Wildman–Crippen LogP) is -0.306. The molecule has 0 amide bonds. The van der Waals surface area contributed by atoms with Gasteiger partial charge >= 0.3 is 0 Å². The number of nitrogens with zero attached hydrogens (tertiary/aromatic N) is 3. The van der Waals surface area contributed by atoms with Crippen LogP contribution in [-0.4, -0.2) is 79.4 Å². The lowest BCUT2D eigenvalue weighted by atomic mass is 9.99. The van der Waals surface area contributed by atoms with Gasteiger partial charge in [0.1, 0.15) is 0 Å². The summed E-state index contributed by atoms with van der Waals surface area (Å²) in [5, 5.41) is 8.57. The fourth-order valence-electron chi connectivity index (χ4n) is 3.72. The van der Waals surface area contributed by atoms with Crippen molar-refractivity contribution in [3.05, 3.63) is 0 Å².